The van der Waals surface area contributed by atoms with Crippen LogP contribution in [0.5, 0.6) is 0 Å². The topological polar surface area (TPSA) is 42.2 Å². The van der Waals surface area contributed by atoms with Crippen molar-refractivity contribution in [1.29, 1.82) is 0 Å². The first kappa shape index (κ1) is 14.0. The third-order valence-corrected chi connectivity index (χ3v) is 3.80. The van der Waals surface area contributed by atoms with Crippen molar-refractivity contribution in [3.05, 3.63) is 63.8 Å². The Labute approximate surface area is 131 Å². The van der Waals surface area contributed by atoms with E-state index in [2.05, 4.69) is 5.32 Å². The average molecular weight is 320 g/mol. The molecule has 0 aliphatic rings. The molecule has 0 saturated carbocycles. The lowest BCUT2D eigenvalue weighted by molar-refractivity contribution is 0.0998. The van der Waals surface area contributed by atoms with E-state index in [0.717, 1.165) is 10.9 Å². The van der Waals surface area contributed by atoms with Crippen molar-refractivity contribution in [2.45, 2.75) is 6.92 Å². The van der Waals surface area contributed by atoms with Crippen LogP contribution in [0.1, 0.15) is 16.1 Å². The number of anilines is 1. The predicted molar refractivity (Wildman–Crippen MR) is 85.4 cm³/mol. The highest BCUT2D eigenvalue weighted by Crippen LogP contribution is 2.31. The fourth-order valence-corrected chi connectivity index (χ4v) is 2.61. The monoisotopic (exact) mass is 319 g/mol. The Morgan fingerprint density at radius 3 is 2.43 bits per heavy atom. The van der Waals surface area contributed by atoms with Crippen LogP contribution in [0.3, 0.4) is 0 Å². The number of halogens is 2. The highest BCUT2D eigenvalue weighted by Gasteiger charge is 2.16. The molecule has 1 aromatic heterocycles. The minimum absolute atomic E-state index is 0.218. The summed E-state index contributed by atoms with van der Waals surface area (Å²) in [6, 6.07) is 12.5. The molecule has 21 heavy (non-hydrogen) atoms. The normalized spacial score (nSPS) is 10.8. The lowest BCUT2D eigenvalue weighted by Crippen LogP contribution is -2.11. The molecule has 0 radical (unpaired) electrons. The van der Waals surface area contributed by atoms with Gasteiger partial charge in [-0.2, -0.15) is 0 Å². The summed E-state index contributed by atoms with van der Waals surface area (Å²) in [6.45, 7) is 1.93. The second-order valence-electron chi connectivity index (χ2n) is 4.65. The van der Waals surface area contributed by atoms with E-state index in [1.165, 1.54) is 0 Å². The van der Waals surface area contributed by atoms with Crippen molar-refractivity contribution in [3.63, 3.8) is 0 Å². The molecule has 106 valence electrons. The summed E-state index contributed by atoms with van der Waals surface area (Å²) in [5, 5.41) is 4.31. The number of hydrogen-bond donors (Lipinski definition) is 1. The summed E-state index contributed by atoms with van der Waals surface area (Å²) in [6.07, 6.45) is 0. The Bertz CT molecular complexity index is 819. The van der Waals surface area contributed by atoms with Gasteiger partial charge in [0.2, 0.25) is 0 Å². The van der Waals surface area contributed by atoms with E-state index in [-0.39, 0.29) is 11.7 Å². The van der Waals surface area contributed by atoms with E-state index in [1.54, 1.807) is 24.3 Å². The van der Waals surface area contributed by atoms with Crippen molar-refractivity contribution < 1.29 is 9.21 Å². The van der Waals surface area contributed by atoms with Gasteiger partial charge < -0.3 is 9.73 Å². The Hall–Kier alpha value is -1.97. The largest absolute Gasteiger partial charge is 0.451 e. The summed E-state index contributed by atoms with van der Waals surface area (Å²) in [4.78, 5) is 12.3. The SMILES string of the molecule is Cc1cccc2cc(C(=O)Nc3c(Cl)cccc3Cl)oc12. The van der Waals surface area contributed by atoms with Gasteiger partial charge in [0, 0.05) is 5.39 Å². The van der Waals surface area contributed by atoms with Gasteiger partial charge in [0.15, 0.2) is 5.76 Å². The highest BCUT2D eigenvalue weighted by molar-refractivity contribution is 6.40. The first-order chi connectivity index (χ1) is 10.1. The predicted octanol–water partition coefficient (Wildman–Crippen LogP) is 5.30. The molecule has 1 amide bonds. The van der Waals surface area contributed by atoms with Gasteiger partial charge in [-0.05, 0) is 30.7 Å². The Balaban J connectivity index is 1.96. The fourth-order valence-electron chi connectivity index (χ4n) is 2.11. The minimum atomic E-state index is -0.388. The second-order valence-corrected chi connectivity index (χ2v) is 5.47. The van der Waals surface area contributed by atoms with Crippen molar-refractivity contribution in [2.75, 3.05) is 5.32 Å². The van der Waals surface area contributed by atoms with Crippen LogP contribution in [0, 0.1) is 6.92 Å². The van der Waals surface area contributed by atoms with E-state index in [9.17, 15) is 4.79 Å². The summed E-state index contributed by atoms with van der Waals surface area (Å²) in [7, 11) is 0. The van der Waals surface area contributed by atoms with Crippen LogP contribution in [0.4, 0.5) is 5.69 Å². The van der Waals surface area contributed by atoms with Gasteiger partial charge in [0.05, 0.1) is 15.7 Å². The lowest BCUT2D eigenvalue weighted by Gasteiger charge is -2.07. The number of furan rings is 1. The van der Waals surface area contributed by atoms with Gasteiger partial charge in [-0.15, -0.1) is 0 Å². The summed E-state index contributed by atoms with van der Waals surface area (Å²) >= 11 is 12.1. The molecule has 0 spiro atoms. The van der Waals surface area contributed by atoms with Gasteiger partial charge in [-0.3, -0.25) is 4.79 Å². The number of carbonyl (C=O) groups excluding carboxylic acids is 1. The molecule has 0 unspecified atom stereocenters. The van der Waals surface area contributed by atoms with Gasteiger partial charge in [-0.1, -0.05) is 47.5 Å². The number of rotatable bonds is 2. The molecule has 0 fully saturated rings. The summed E-state index contributed by atoms with van der Waals surface area (Å²) in [5.74, 6) is -0.170. The maximum atomic E-state index is 12.3. The number of fused-ring (bicyclic) bond motifs is 1. The molecule has 3 rings (SSSR count). The van der Waals surface area contributed by atoms with E-state index < -0.39 is 0 Å². The molecular formula is C16H11Cl2NO2. The molecule has 0 atom stereocenters. The molecule has 2 aromatic carbocycles. The van der Waals surface area contributed by atoms with Crippen molar-refractivity contribution in [2.24, 2.45) is 0 Å². The van der Waals surface area contributed by atoms with Crippen LogP contribution < -0.4 is 5.32 Å². The number of benzene rings is 2. The first-order valence-corrected chi connectivity index (χ1v) is 7.06. The zero-order chi connectivity index (χ0) is 15.0. The van der Waals surface area contributed by atoms with Crippen LogP contribution in [0.2, 0.25) is 10.0 Å². The Morgan fingerprint density at radius 2 is 1.76 bits per heavy atom. The summed E-state index contributed by atoms with van der Waals surface area (Å²) < 4.78 is 5.61. The van der Waals surface area contributed by atoms with Gasteiger partial charge in [0.25, 0.3) is 5.91 Å². The van der Waals surface area contributed by atoms with E-state index >= 15 is 0 Å². The smallest absolute Gasteiger partial charge is 0.291 e. The van der Waals surface area contributed by atoms with Crippen LogP contribution >= 0.6 is 23.2 Å². The quantitative estimate of drug-likeness (QED) is 0.696. The molecule has 0 aliphatic heterocycles. The number of aryl methyl sites for hydroxylation is 1. The molecule has 0 bridgehead atoms. The Morgan fingerprint density at radius 1 is 1.10 bits per heavy atom. The maximum absolute atomic E-state index is 12.3. The zero-order valence-corrected chi connectivity index (χ0v) is 12.6. The van der Waals surface area contributed by atoms with Crippen molar-refractivity contribution >= 4 is 45.8 Å². The molecule has 5 heteroatoms. The van der Waals surface area contributed by atoms with Crippen LogP contribution in [-0.4, -0.2) is 5.91 Å². The molecule has 0 aliphatic carbocycles. The number of nitrogens with one attached hydrogen (secondary N) is 1. The minimum Gasteiger partial charge on any atom is -0.451 e. The molecule has 1 N–H and O–H groups in total. The third-order valence-electron chi connectivity index (χ3n) is 3.17. The molecular weight excluding hydrogens is 309 g/mol. The highest BCUT2D eigenvalue weighted by atomic mass is 35.5. The standard InChI is InChI=1S/C16H11Cl2NO2/c1-9-4-2-5-10-8-13(21-15(9)10)16(20)19-14-11(17)6-3-7-12(14)18/h2-8H,1H3,(H,19,20). The first-order valence-electron chi connectivity index (χ1n) is 6.31. The zero-order valence-electron chi connectivity index (χ0n) is 11.1. The number of amides is 1. The molecule has 3 nitrogen and oxygen atoms in total. The molecule has 0 saturated heterocycles. The summed E-state index contributed by atoms with van der Waals surface area (Å²) in [5.41, 5.74) is 2.05. The third kappa shape index (κ3) is 2.62. The molecule has 1 heterocycles. The van der Waals surface area contributed by atoms with Crippen molar-refractivity contribution in [1.82, 2.24) is 0 Å². The van der Waals surface area contributed by atoms with E-state index in [1.807, 2.05) is 25.1 Å². The van der Waals surface area contributed by atoms with Gasteiger partial charge in [-0.25, -0.2) is 0 Å². The number of hydrogen-bond acceptors (Lipinski definition) is 2. The fraction of sp³-hybridized carbons (Fsp3) is 0.0625. The van der Waals surface area contributed by atoms with Gasteiger partial charge in [0.1, 0.15) is 5.58 Å². The lowest BCUT2D eigenvalue weighted by atomic mass is 10.2. The number of carbonyl (C=O) groups is 1. The van der Waals surface area contributed by atoms with Crippen LogP contribution in [0.15, 0.2) is 46.9 Å². The van der Waals surface area contributed by atoms with Gasteiger partial charge >= 0.3 is 0 Å². The molecule has 3 aromatic rings. The van der Waals surface area contributed by atoms with E-state index in [0.29, 0.717) is 21.3 Å². The van der Waals surface area contributed by atoms with Crippen LogP contribution in [-0.2, 0) is 0 Å². The maximum Gasteiger partial charge on any atom is 0.291 e. The average Bonchev–Trinajstić information content (AvgIpc) is 2.88. The van der Waals surface area contributed by atoms with Crippen molar-refractivity contribution in [3.8, 4) is 0 Å². The Kier molecular flexibility index (Phi) is 3.62. The number of para-hydroxylation sites is 2. The van der Waals surface area contributed by atoms with Crippen LogP contribution in [0.25, 0.3) is 11.0 Å². The van der Waals surface area contributed by atoms with E-state index in [4.69, 9.17) is 27.6 Å². The second kappa shape index (κ2) is 5.43.